The number of methoxy groups -OCH3 is 1. The fourth-order valence-electron chi connectivity index (χ4n) is 4.60. The predicted molar refractivity (Wildman–Crippen MR) is 140 cm³/mol. The molecule has 3 aromatic carbocycles. The van der Waals surface area contributed by atoms with Crippen LogP contribution in [-0.4, -0.2) is 42.1 Å². The van der Waals surface area contributed by atoms with Gasteiger partial charge in [-0.3, -0.25) is 14.5 Å². The molecule has 37 heavy (non-hydrogen) atoms. The summed E-state index contributed by atoms with van der Waals surface area (Å²) in [5, 5.41) is 11.8. The van der Waals surface area contributed by atoms with Gasteiger partial charge in [0, 0.05) is 5.56 Å². The highest BCUT2D eigenvalue weighted by Crippen LogP contribution is 2.45. The molecule has 1 unspecified atom stereocenters. The van der Waals surface area contributed by atoms with Crippen LogP contribution in [-0.2, 0) is 9.59 Å². The van der Waals surface area contributed by atoms with Crippen LogP contribution >= 0.6 is 11.3 Å². The van der Waals surface area contributed by atoms with Gasteiger partial charge in [0.25, 0.3) is 5.78 Å². The number of ether oxygens (including phenoxy) is 3. The summed E-state index contributed by atoms with van der Waals surface area (Å²) in [6.07, 6.45) is 0. The topological polar surface area (TPSA) is 98.2 Å². The Labute approximate surface area is 216 Å². The highest BCUT2D eigenvalue weighted by molar-refractivity contribution is 7.22. The molecule has 1 aromatic heterocycles. The van der Waals surface area contributed by atoms with Gasteiger partial charge in [-0.25, -0.2) is 4.98 Å². The van der Waals surface area contributed by atoms with Gasteiger partial charge < -0.3 is 19.3 Å². The fraction of sp³-hybridized carbons (Fsp3) is 0.179. The number of hydrogen-bond acceptors (Lipinski definition) is 8. The van der Waals surface area contributed by atoms with Gasteiger partial charge in [-0.15, -0.1) is 0 Å². The molecule has 0 saturated carbocycles. The second-order valence-corrected chi connectivity index (χ2v) is 9.78. The van der Waals surface area contributed by atoms with Gasteiger partial charge in [-0.05, 0) is 60.5 Å². The van der Waals surface area contributed by atoms with E-state index in [-0.39, 0.29) is 11.3 Å². The van der Waals surface area contributed by atoms with Crippen LogP contribution in [0.5, 0.6) is 17.2 Å². The molecule has 1 atom stereocenters. The first-order valence-corrected chi connectivity index (χ1v) is 12.5. The van der Waals surface area contributed by atoms with Crippen molar-refractivity contribution in [3.05, 3.63) is 82.9 Å². The van der Waals surface area contributed by atoms with E-state index in [1.54, 1.807) is 49.6 Å². The first-order valence-electron chi connectivity index (χ1n) is 11.7. The molecule has 2 aliphatic rings. The summed E-state index contributed by atoms with van der Waals surface area (Å²) in [5.74, 6) is -0.190. The number of hydrogen-bond donors (Lipinski definition) is 1. The van der Waals surface area contributed by atoms with E-state index in [1.807, 2.05) is 25.1 Å². The third-order valence-corrected chi connectivity index (χ3v) is 7.45. The lowest BCUT2D eigenvalue weighted by Crippen LogP contribution is -2.29. The first kappa shape index (κ1) is 23.1. The summed E-state index contributed by atoms with van der Waals surface area (Å²) in [6.45, 7) is 2.79. The molecule has 0 aliphatic carbocycles. The van der Waals surface area contributed by atoms with E-state index >= 15 is 0 Å². The zero-order valence-corrected chi connectivity index (χ0v) is 20.9. The van der Waals surface area contributed by atoms with Crippen molar-refractivity contribution in [1.82, 2.24) is 4.98 Å². The lowest BCUT2D eigenvalue weighted by Gasteiger charge is -2.23. The average Bonchev–Trinajstić information content (AvgIpc) is 3.45. The van der Waals surface area contributed by atoms with E-state index in [0.717, 1.165) is 15.8 Å². The van der Waals surface area contributed by atoms with Crippen molar-refractivity contribution in [3.63, 3.8) is 0 Å². The van der Waals surface area contributed by atoms with Crippen molar-refractivity contribution in [2.75, 3.05) is 25.2 Å². The second-order valence-electron chi connectivity index (χ2n) is 8.77. The number of Topliss-reactive ketones (excluding diaryl/α,β-unsaturated/α-hetero) is 1. The Balaban J connectivity index is 1.53. The van der Waals surface area contributed by atoms with Crippen LogP contribution in [0, 0.1) is 6.92 Å². The van der Waals surface area contributed by atoms with Gasteiger partial charge in [0.1, 0.15) is 24.7 Å². The Kier molecular flexibility index (Phi) is 5.57. The second kappa shape index (κ2) is 8.94. The quantitative estimate of drug-likeness (QED) is 0.232. The zero-order chi connectivity index (χ0) is 25.7. The minimum absolute atomic E-state index is 0.0257. The summed E-state index contributed by atoms with van der Waals surface area (Å²) < 4.78 is 17.4. The molecule has 6 rings (SSSR count). The maximum atomic E-state index is 13.5. The summed E-state index contributed by atoms with van der Waals surface area (Å²) in [5.41, 5.74) is 2.75. The number of ketones is 1. The number of fused-ring (bicyclic) bond motifs is 2. The molecular formula is C28H22N2O6S. The number of benzene rings is 3. The number of aliphatic hydroxyl groups is 1. The largest absolute Gasteiger partial charge is 0.507 e. The summed E-state index contributed by atoms with van der Waals surface area (Å²) in [4.78, 5) is 32.9. The summed E-state index contributed by atoms with van der Waals surface area (Å²) in [6, 6.07) is 16.9. The van der Waals surface area contributed by atoms with Crippen LogP contribution in [0.1, 0.15) is 22.7 Å². The van der Waals surface area contributed by atoms with Gasteiger partial charge in [0.2, 0.25) is 0 Å². The van der Waals surface area contributed by atoms with Crippen molar-refractivity contribution in [3.8, 4) is 17.2 Å². The molecule has 1 N–H and O–H groups in total. The maximum absolute atomic E-state index is 13.5. The van der Waals surface area contributed by atoms with Crippen LogP contribution in [0.3, 0.4) is 0 Å². The minimum atomic E-state index is -0.888. The number of aromatic nitrogens is 1. The standard InChI is InChI=1S/C28H22N2O6S/c1-15-3-9-19-22(13-15)37-28(29-19)30-24(16-4-7-18(34-2)8-5-16)23(26(32)27(30)33)25(31)17-6-10-20-21(14-17)36-12-11-35-20/h3-10,13-14,24,31H,11-12H2,1-2H3. The minimum Gasteiger partial charge on any atom is -0.507 e. The van der Waals surface area contributed by atoms with E-state index < -0.39 is 17.7 Å². The van der Waals surface area contributed by atoms with Crippen molar-refractivity contribution < 1.29 is 28.9 Å². The van der Waals surface area contributed by atoms with E-state index in [2.05, 4.69) is 4.98 Å². The number of carbonyl (C=O) groups excluding carboxylic acids is 2. The molecule has 9 heteroatoms. The molecule has 0 radical (unpaired) electrons. The average molecular weight is 515 g/mol. The molecular weight excluding hydrogens is 492 g/mol. The van der Waals surface area contributed by atoms with Crippen molar-refractivity contribution >= 4 is 44.1 Å². The summed E-state index contributed by atoms with van der Waals surface area (Å²) in [7, 11) is 1.56. The Morgan fingerprint density at radius 3 is 2.54 bits per heavy atom. The number of amides is 1. The van der Waals surface area contributed by atoms with E-state index in [4.69, 9.17) is 14.2 Å². The molecule has 2 aliphatic heterocycles. The molecule has 8 nitrogen and oxygen atoms in total. The number of nitrogens with zero attached hydrogens (tertiary/aromatic N) is 2. The highest BCUT2D eigenvalue weighted by Gasteiger charge is 2.48. The molecule has 0 spiro atoms. The van der Waals surface area contributed by atoms with Crippen molar-refractivity contribution in [1.29, 1.82) is 0 Å². The Hall–Kier alpha value is -4.37. The van der Waals surface area contributed by atoms with Gasteiger partial charge >= 0.3 is 5.91 Å². The monoisotopic (exact) mass is 514 g/mol. The van der Waals surface area contributed by atoms with Gasteiger partial charge in [-0.1, -0.05) is 29.5 Å². The third-order valence-electron chi connectivity index (χ3n) is 6.43. The van der Waals surface area contributed by atoms with E-state index in [1.165, 1.54) is 16.2 Å². The molecule has 186 valence electrons. The number of aliphatic hydroxyl groups excluding tert-OH is 1. The van der Waals surface area contributed by atoms with Crippen LogP contribution in [0.4, 0.5) is 5.13 Å². The number of thiazole rings is 1. The van der Waals surface area contributed by atoms with Gasteiger partial charge in [0.15, 0.2) is 16.6 Å². The number of aryl methyl sites for hydroxylation is 1. The molecule has 0 bridgehead atoms. The fourth-order valence-corrected chi connectivity index (χ4v) is 5.69. The molecule has 1 saturated heterocycles. The molecule has 4 aromatic rings. The van der Waals surface area contributed by atoms with E-state index in [0.29, 0.717) is 46.7 Å². The third kappa shape index (κ3) is 3.88. The van der Waals surface area contributed by atoms with Crippen molar-refractivity contribution in [2.24, 2.45) is 0 Å². The molecule has 3 heterocycles. The van der Waals surface area contributed by atoms with E-state index in [9.17, 15) is 14.7 Å². The Bertz CT molecular complexity index is 1590. The van der Waals surface area contributed by atoms with Crippen molar-refractivity contribution in [2.45, 2.75) is 13.0 Å². The number of rotatable bonds is 4. The SMILES string of the molecule is COc1ccc(C2C(=C(O)c3ccc4c(c3)OCCO4)C(=O)C(=O)N2c2nc3ccc(C)cc3s2)cc1. The predicted octanol–water partition coefficient (Wildman–Crippen LogP) is 5.01. The normalized spacial score (nSPS) is 18.4. The lowest BCUT2D eigenvalue weighted by atomic mass is 9.95. The smallest absolute Gasteiger partial charge is 0.301 e. The zero-order valence-electron chi connectivity index (χ0n) is 20.1. The lowest BCUT2D eigenvalue weighted by molar-refractivity contribution is -0.132. The Morgan fingerprint density at radius 2 is 1.78 bits per heavy atom. The Morgan fingerprint density at radius 1 is 1.03 bits per heavy atom. The van der Waals surface area contributed by atoms with Crippen LogP contribution in [0.15, 0.2) is 66.2 Å². The van der Waals surface area contributed by atoms with Gasteiger partial charge in [0.05, 0.1) is 28.9 Å². The highest BCUT2D eigenvalue weighted by atomic mass is 32.1. The maximum Gasteiger partial charge on any atom is 0.301 e. The number of anilines is 1. The summed E-state index contributed by atoms with van der Waals surface area (Å²) >= 11 is 1.33. The van der Waals surface area contributed by atoms with Crippen LogP contribution < -0.4 is 19.1 Å². The first-order chi connectivity index (χ1) is 17.9. The molecule has 1 fully saturated rings. The van der Waals surface area contributed by atoms with Gasteiger partial charge in [-0.2, -0.15) is 0 Å². The van der Waals surface area contributed by atoms with Crippen LogP contribution in [0.25, 0.3) is 16.0 Å². The van der Waals surface area contributed by atoms with Crippen LogP contribution in [0.2, 0.25) is 0 Å². The number of carbonyl (C=O) groups is 2. The molecule has 1 amide bonds.